The number of fused-ring (bicyclic) bond motifs is 1. The third-order valence-corrected chi connectivity index (χ3v) is 4.99. The summed E-state index contributed by atoms with van der Waals surface area (Å²) in [6.45, 7) is 2.11. The molecule has 2 aromatic heterocycles. The normalized spacial score (nSPS) is 10.8. The molecule has 0 fully saturated rings. The van der Waals surface area contributed by atoms with Crippen molar-refractivity contribution in [1.29, 1.82) is 0 Å². The summed E-state index contributed by atoms with van der Waals surface area (Å²) >= 11 is 3.86. The van der Waals surface area contributed by atoms with Gasteiger partial charge in [0.1, 0.15) is 10.6 Å². The van der Waals surface area contributed by atoms with Crippen molar-refractivity contribution in [2.45, 2.75) is 13.3 Å². The van der Waals surface area contributed by atoms with Crippen LogP contribution in [0.25, 0.3) is 10.2 Å². The van der Waals surface area contributed by atoms with Crippen LogP contribution < -0.4 is 16.0 Å². The predicted octanol–water partition coefficient (Wildman–Crippen LogP) is 3.94. The van der Waals surface area contributed by atoms with E-state index in [-0.39, 0.29) is 0 Å². The van der Waals surface area contributed by atoms with Gasteiger partial charge in [-0.2, -0.15) is 4.98 Å². The number of benzene rings is 1. The first-order valence-electron chi connectivity index (χ1n) is 6.40. The molecule has 1 aromatic carbocycles. The van der Waals surface area contributed by atoms with Crippen LogP contribution in [0.1, 0.15) is 11.8 Å². The highest BCUT2D eigenvalue weighted by Gasteiger charge is 2.14. The molecule has 5 nitrogen and oxygen atoms in total. The van der Waals surface area contributed by atoms with Crippen LogP contribution in [0.4, 0.5) is 5.95 Å². The first kappa shape index (κ1) is 14.5. The highest BCUT2D eigenvalue weighted by Crippen LogP contribution is 2.35. The van der Waals surface area contributed by atoms with Crippen LogP contribution >= 0.6 is 33.9 Å². The second kappa shape index (κ2) is 6.12. The molecular weight excluding hydrogens is 399 g/mol. The molecule has 108 valence electrons. The summed E-state index contributed by atoms with van der Waals surface area (Å²) in [5, 5.41) is 0.913. The zero-order valence-corrected chi connectivity index (χ0v) is 14.2. The Balaban J connectivity index is 2.11. The molecule has 0 amide bonds. The molecule has 0 aliphatic heterocycles. The number of hydrogen-bond acceptors (Lipinski definition) is 6. The SMILES string of the molecule is CCc1cc2c(Oc3ccccc3I)nc(NN)nc2s1. The number of thiophene rings is 1. The second-order valence-corrected chi connectivity index (χ2v) is 6.59. The number of rotatable bonds is 4. The molecule has 3 rings (SSSR count). The fourth-order valence-corrected chi connectivity index (χ4v) is 3.35. The molecule has 0 saturated carbocycles. The average Bonchev–Trinajstić information content (AvgIpc) is 2.92. The number of hydrazine groups is 1. The highest BCUT2D eigenvalue weighted by molar-refractivity contribution is 14.1. The number of aryl methyl sites for hydroxylation is 1. The molecule has 0 atom stereocenters. The number of nitrogens with two attached hydrogens (primary N) is 1. The van der Waals surface area contributed by atoms with Gasteiger partial charge in [0.05, 0.1) is 8.96 Å². The maximum Gasteiger partial charge on any atom is 0.241 e. The van der Waals surface area contributed by atoms with E-state index in [1.54, 1.807) is 11.3 Å². The molecule has 0 aliphatic rings. The fourth-order valence-electron chi connectivity index (χ4n) is 1.89. The Morgan fingerprint density at radius 2 is 2.14 bits per heavy atom. The van der Waals surface area contributed by atoms with Crippen molar-refractivity contribution in [2.75, 3.05) is 5.43 Å². The van der Waals surface area contributed by atoms with Gasteiger partial charge in [-0.15, -0.1) is 11.3 Å². The van der Waals surface area contributed by atoms with Gasteiger partial charge in [-0.25, -0.2) is 10.8 Å². The van der Waals surface area contributed by atoms with Crippen LogP contribution in [-0.4, -0.2) is 9.97 Å². The van der Waals surface area contributed by atoms with Crippen LogP contribution in [-0.2, 0) is 6.42 Å². The largest absolute Gasteiger partial charge is 0.437 e. The lowest BCUT2D eigenvalue weighted by Crippen LogP contribution is -2.10. The van der Waals surface area contributed by atoms with Crippen molar-refractivity contribution in [3.05, 3.63) is 38.8 Å². The van der Waals surface area contributed by atoms with Crippen molar-refractivity contribution < 1.29 is 4.74 Å². The van der Waals surface area contributed by atoms with Gasteiger partial charge in [0.15, 0.2) is 0 Å². The van der Waals surface area contributed by atoms with Gasteiger partial charge in [0.2, 0.25) is 11.8 Å². The van der Waals surface area contributed by atoms with E-state index in [1.165, 1.54) is 4.88 Å². The standard InChI is InChI=1S/C14H13IN4OS/c1-2-8-7-9-12(17-14(19-16)18-13(9)21-8)20-11-6-4-3-5-10(11)15/h3-7H,2,16H2,1H3,(H,17,18,19). The quantitative estimate of drug-likeness (QED) is 0.386. The number of ether oxygens (including phenoxy) is 1. The van der Waals surface area contributed by atoms with E-state index in [4.69, 9.17) is 10.6 Å². The maximum atomic E-state index is 5.98. The van der Waals surface area contributed by atoms with Crippen LogP contribution in [0.3, 0.4) is 0 Å². The van der Waals surface area contributed by atoms with Gasteiger partial charge >= 0.3 is 0 Å². The van der Waals surface area contributed by atoms with E-state index < -0.39 is 0 Å². The fraction of sp³-hybridized carbons (Fsp3) is 0.143. The Kier molecular flexibility index (Phi) is 4.22. The number of nitrogens with zero attached hydrogens (tertiary/aromatic N) is 2. The lowest BCUT2D eigenvalue weighted by atomic mass is 10.3. The van der Waals surface area contributed by atoms with Gasteiger partial charge in [-0.05, 0) is 47.2 Å². The Bertz CT molecular complexity index is 790. The third kappa shape index (κ3) is 2.94. The molecule has 0 aliphatic carbocycles. The van der Waals surface area contributed by atoms with E-state index in [2.05, 4.69) is 51.0 Å². The maximum absolute atomic E-state index is 5.98. The Morgan fingerprint density at radius 3 is 2.86 bits per heavy atom. The van der Waals surface area contributed by atoms with Crippen LogP contribution in [0.2, 0.25) is 0 Å². The summed E-state index contributed by atoms with van der Waals surface area (Å²) in [7, 11) is 0. The van der Waals surface area contributed by atoms with E-state index in [9.17, 15) is 0 Å². The zero-order valence-electron chi connectivity index (χ0n) is 11.3. The molecule has 0 radical (unpaired) electrons. The molecule has 3 N–H and O–H groups in total. The number of aromatic nitrogens is 2. The molecule has 3 aromatic rings. The predicted molar refractivity (Wildman–Crippen MR) is 93.8 cm³/mol. The lowest BCUT2D eigenvalue weighted by molar-refractivity contribution is 0.466. The van der Waals surface area contributed by atoms with Crippen LogP contribution in [0.5, 0.6) is 11.6 Å². The third-order valence-electron chi connectivity index (χ3n) is 2.93. The molecule has 7 heteroatoms. The molecule has 0 bridgehead atoms. The summed E-state index contributed by atoms with van der Waals surface area (Å²) in [6.07, 6.45) is 0.953. The number of hydrogen-bond donors (Lipinski definition) is 2. The second-order valence-electron chi connectivity index (χ2n) is 4.31. The Morgan fingerprint density at radius 1 is 1.33 bits per heavy atom. The monoisotopic (exact) mass is 412 g/mol. The first-order chi connectivity index (χ1) is 10.2. The van der Waals surface area contributed by atoms with Gasteiger partial charge in [-0.3, -0.25) is 5.43 Å². The van der Waals surface area contributed by atoms with E-state index in [1.807, 2.05) is 24.3 Å². The minimum absolute atomic E-state index is 0.355. The molecule has 0 unspecified atom stereocenters. The molecular formula is C14H13IN4OS. The van der Waals surface area contributed by atoms with Crippen molar-refractivity contribution in [1.82, 2.24) is 9.97 Å². The van der Waals surface area contributed by atoms with Crippen LogP contribution in [0, 0.1) is 3.57 Å². The minimum Gasteiger partial charge on any atom is -0.437 e. The van der Waals surface area contributed by atoms with Crippen LogP contribution in [0.15, 0.2) is 30.3 Å². The number of halogens is 1. The number of nitrogen functional groups attached to an aromatic ring is 1. The van der Waals surface area contributed by atoms with Gasteiger partial charge in [0, 0.05) is 4.88 Å². The number of nitrogens with one attached hydrogen (secondary N) is 1. The van der Waals surface area contributed by atoms with E-state index in [0.29, 0.717) is 11.8 Å². The van der Waals surface area contributed by atoms with Crippen molar-refractivity contribution in [3.8, 4) is 11.6 Å². The smallest absolute Gasteiger partial charge is 0.241 e. The Hall–Kier alpha value is -1.45. The van der Waals surface area contributed by atoms with Gasteiger partial charge in [0.25, 0.3) is 0 Å². The van der Waals surface area contributed by atoms with E-state index in [0.717, 1.165) is 26.0 Å². The molecule has 0 saturated heterocycles. The van der Waals surface area contributed by atoms with E-state index >= 15 is 0 Å². The zero-order chi connectivity index (χ0) is 14.8. The summed E-state index contributed by atoms with van der Waals surface area (Å²) in [5.74, 6) is 7.09. The van der Waals surface area contributed by atoms with Crippen molar-refractivity contribution in [3.63, 3.8) is 0 Å². The summed E-state index contributed by atoms with van der Waals surface area (Å²) in [6, 6.07) is 9.88. The lowest BCUT2D eigenvalue weighted by Gasteiger charge is -2.08. The van der Waals surface area contributed by atoms with Gasteiger partial charge < -0.3 is 4.74 Å². The van der Waals surface area contributed by atoms with Crippen molar-refractivity contribution in [2.24, 2.45) is 5.84 Å². The minimum atomic E-state index is 0.355. The molecule has 21 heavy (non-hydrogen) atoms. The summed E-state index contributed by atoms with van der Waals surface area (Å²) in [4.78, 5) is 10.8. The summed E-state index contributed by atoms with van der Waals surface area (Å²) < 4.78 is 7.00. The highest BCUT2D eigenvalue weighted by atomic mass is 127. The van der Waals surface area contributed by atoms with Crippen molar-refractivity contribution >= 4 is 50.1 Å². The average molecular weight is 412 g/mol. The van der Waals surface area contributed by atoms with Gasteiger partial charge in [-0.1, -0.05) is 19.1 Å². The molecule has 0 spiro atoms. The molecule has 2 heterocycles. The topological polar surface area (TPSA) is 73.1 Å². The number of para-hydroxylation sites is 1. The summed E-state index contributed by atoms with van der Waals surface area (Å²) in [5.41, 5.74) is 2.49. The first-order valence-corrected chi connectivity index (χ1v) is 8.30. The Labute approximate surface area is 139 Å². The number of anilines is 1.